The van der Waals surface area contributed by atoms with Crippen molar-refractivity contribution in [3.05, 3.63) is 88.5 Å². The second kappa shape index (κ2) is 4.77. The van der Waals surface area contributed by atoms with Gasteiger partial charge in [-0.15, -0.1) is 0 Å². The smallest absolute Gasteiger partial charge is 0.198 e. The van der Waals surface area contributed by atoms with Crippen LogP contribution in [0.5, 0.6) is 0 Å². The first-order valence-electron chi connectivity index (χ1n) is 7.71. The van der Waals surface area contributed by atoms with Crippen LogP contribution in [0.2, 0.25) is 0 Å². The van der Waals surface area contributed by atoms with Crippen molar-refractivity contribution < 1.29 is 14.0 Å². The molecule has 0 aliphatic heterocycles. The van der Waals surface area contributed by atoms with Crippen LogP contribution < -0.4 is 0 Å². The van der Waals surface area contributed by atoms with E-state index in [4.69, 9.17) is 0 Å². The Bertz CT molecular complexity index is 1100. The zero-order valence-corrected chi connectivity index (χ0v) is 12.8. The van der Waals surface area contributed by atoms with E-state index in [1.807, 2.05) is 12.1 Å². The number of carbonyl (C=O) groups is 2. The average molecular weight is 328 g/mol. The number of aromatic nitrogens is 2. The molecule has 0 atom stereocenters. The van der Waals surface area contributed by atoms with Crippen molar-refractivity contribution in [1.82, 2.24) is 9.97 Å². The summed E-state index contributed by atoms with van der Waals surface area (Å²) < 4.78 is 13.5. The molecule has 0 amide bonds. The van der Waals surface area contributed by atoms with Gasteiger partial charge in [-0.05, 0) is 30.3 Å². The number of benzene rings is 1. The summed E-state index contributed by atoms with van der Waals surface area (Å²) in [6.45, 7) is 0. The molecule has 2 aromatic heterocycles. The molecule has 2 aliphatic carbocycles. The Kier molecular flexibility index (Phi) is 2.65. The van der Waals surface area contributed by atoms with Gasteiger partial charge in [0.2, 0.25) is 0 Å². The molecule has 0 saturated carbocycles. The number of hydrogen-bond acceptors (Lipinski definition) is 4. The third-order valence-electron chi connectivity index (χ3n) is 4.55. The summed E-state index contributed by atoms with van der Waals surface area (Å²) >= 11 is 0. The van der Waals surface area contributed by atoms with Crippen molar-refractivity contribution in [2.75, 3.05) is 0 Å². The first kappa shape index (κ1) is 13.9. The van der Waals surface area contributed by atoms with Crippen molar-refractivity contribution in [2.24, 2.45) is 0 Å². The lowest BCUT2D eigenvalue weighted by molar-refractivity contribution is 0.0990. The monoisotopic (exact) mass is 328 g/mol. The molecule has 118 valence electrons. The molecule has 0 spiro atoms. The summed E-state index contributed by atoms with van der Waals surface area (Å²) in [7, 11) is 0. The maximum atomic E-state index is 13.5. The maximum absolute atomic E-state index is 13.5. The minimum Gasteiger partial charge on any atom is -0.288 e. The number of fused-ring (bicyclic) bond motifs is 4. The highest BCUT2D eigenvalue weighted by atomic mass is 19.1. The normalized spacial score (nSPS) is 14.6. The second-order valence-electron chi connectivity index (χ2n) is 5.90. The molecule has 0 N–H and O–H groups in total. The minimum absolute atomic E-state index is 0.0570. The third kappa shape index (κ3) is 1.75. The molecule has 0 saturated heterocycles. The lowest BCUT2D eigenvalue weighted by Gasteiger charge is -2.05. The summed E-state index contributed by atoms with van der Waals surface area (Å²) in [5.41, 5.74) is 3.60. The molecule has 2 aliphatic rings. The van der Waals surface area contributed by atoms with Crippen LogP contribution in [0, 0.1) is 5.82 Å². The van der Waals surface area contributed by atoms with Crippen molar-refractivity contribution in [2.45, 2.75) is 0 Å². The van der Waals surface area contributed by atoms with Gasteiger partial charge in [-0.2, -0.15) is 0 Å². The Morgan fingerprint density at radius 2 is 1.28 bits per heavy atom. The second-order valence-corrected chi connectivity index (χ2v) is 5.90. The van der Waals surface area contributed by atoms with E-state index < -0.39 is 11.6 Å². The molecule has 25 heavy (non-hydrogen) atoms. The number of nitrogens with zero attached hydrogens (tertiary/aromatic N) is 2. The highest BCUT2D eigenvalue weighted by molar-refractivity contribution is 6.43. The highest BCUT2D eigenvalue weighted by Crippen LogP contribution is 2.45. The van der Waals surface area contributed by atoms with Gasteiger partial charge in [0.15, 0.2) is 11.6 Å². The summed E-state index contributed by atoms with van der Waals surface area (Å²) in [5, 5.41) is 0. The van der Waals surface area contributed by atoms with Gasteiger partial charge in [0.05, 0.1) is 17.0 Å². The standard InChI is InChI=1S/C20H9FN2O2/c21-10-5-6-11-14(9-10)20(25)16(19(11)24)15-12-3-1-7-22-17(12)18-13(15)4-2-8-23-18/h1-9H. The van der Waals surface area contributed by atoms with E-state index in [1.165, 1.54) is 12.1 Å². The van der Waals surface area contributed by atoms with E-state index in [-0.39, 0.29) is 22.5 Å². The number of rotatable bonds is 0. The first-order chi connectivity index (χ1) is 12.2. The van der Waals surface area contributed by atoms with Gasteiger partial charge in [-0.3, -0.25) is 19.6 Å². The Labute approximate surface area is 141 Å². The zero-order chi connectivity index (χ0) is 17.1. The van der Waals surface area contributed by atoms with Gasteiger partial charge < -0.3 is 0 Å². The molecular weight excluding hydrogens is 319 g/mol. The van der Waals surface area contributed by atoms with Crippen molar-refractivity contribution in [3.8, 4) is 11.4 Å². The predicted molar refractivity (Wildman–Crippen MR) is 88.6 cm³/mol. The SMILES string of the molecule is O=C1C(=C2c3cccnc3-c3ncccc32)C(=O)c2cc(F)ccc21. The quantitative estimate of drug-likeness (QED) is 0.366. The van der Waals surface area contributed by atoms with Gasteiger partial charge in [-0.1, -0.05) is 12.1 Å². The van der Waals surface area contributed by atoms with E-state index in [1.54, 1.807) is 24.5 Å². The summed E-state index contributed by atoms with van der Waals surface area (Å²) in [5.74, 6) is -1.38. The van der Waals surface area contributed by atoms with Crippen LogP contribution in [-0.4, -0.2) is 21.5 Å². The highest BCUT2D eigenvalue weighted by Gasteiger charge is 2.39. The Hall–Kier alpha value is -3.47. The first-order valence-corrected chi connectivity index (χ1v) is 7.71. The van der Waals surface area contributed by atoms with Crippen LogP contribution in [0.1, 0.15) is 31.8 Å². The molecule has 5 rings (SSSR count). The Balaban J connectivity index is 1.87. The van der Waals surface area contributed by atoms with Gasteiger partial charge >= 0.3 is 0 Å². The topological polar surface area (TPSA) is 59.9 Å². The molecular formula is C20H9FN2O2. The predicted octanol–water partition coefficient (Wildman–Crippen LogP) is 3.48. The summed E-state index contributed by atoms with van der Waals surface area (Å²) in [6.07, 6.45) is 3.29. The van der Waals surface area contributed by atoms with Crippen LogP contribution in [0.4, 0.5) is 4.39 Å². The van der Waals surface area contributed by atoms with Crippen molar-refractivity contribution in [1.29, 1.82) is 0 Å². The Morgan fingerprint density at radius 1 is 0.680 bits per heavy atom. The maximum Gasteiger partial charge on any atom is 0.198 e. The van der Waals surface area contributed by atoms with E-state index in [9.17, 15) is 14.0 Å². The number of allylic oxidation sites excluding steroid dienone is 1. The number of carbonyl (C=O) groups excluding carboxylic acids is 2. The van der Waals surface area contributed by atoms with E-state index in [0.717, 1.165) is 6.07 Å². The molecule has 0 unspecified atom stereocenters. The fourth-order valence-electron chi connectivity index (χ4n) is 3.51. The molecule has 2 heterocycles. The number of hydrogen-bond donors (Lipinski definition) is 0. The number of ketones is 2. The largest absolute Gasteiger partial charge is 0.288 e. The number of halogens is 1. The van der Waals surface area contributed by atoms with Gasteiger partial charge in [0.1, 0.15) is 5.82 Å². The van der Waals surface area contributed by atoms with E-state index in [0.29, 0.717) is 28.1 Å². The number of Topliss-reactive ketones (excluding diaryl/α,β-unsaturated/α-hetero) is 2. The third-order valence-corrected chi connectivity index (χ3v) is 4.55. The fourth-order valence-corrected chi connectivity index (χ4v) is 3.51. The van der Waals surface area contributed by atoms with Crippen LogP contribution in [0.15, 0.2) is 60.4 Å². The summed E-state index contributed by atoms with van der Waals surface area (Å²) in [6, 6.07) is 10.8. The van der Waals surface area contributed by atoms with E-state index in [2.05, 4.69) is 9.97 Å². The molecule has 4 nitrogen and oxygen atoms in total. The molecule has 5 heteroatoms. The van der Waals surface area contributed by atoms with Gasteiger partial charge in [-0.25, -0.2) is 4.39 Å². The lowest BCUT2D eigenvalue weighted by Crippen LogP contribution is -2.05. The minimum atomic E-state index is -0.540. The molecule has 1 aromatic carbocycles. The molecule has 0 bridgehead atoms. The van der Waals surface area contributed by atoms with Crippen molar-refractivity contribution >= 4 is 17.1 Å². The van der Waals surface area contributed by atoms with E-state index >= 15 is 0 Å². The average Bonchev–Trinajstić information content (AvgIpc) is 3.08. The molecule has 3 aromatic rings. The van der Waals surface area contributed by atoms with Crippen LogP contribution in [0.25, 0.3) is 17.0 Å². The van der Waals surface area contributed by atoms with Gasteiger partial charge in [0.25, 0.3) is 0 Å². The molecule has 0 radical (unpaired) electrons. The zero-order valence-electron chi connectivity index (χ0n) is 12.8. The van der Waals surface area contributed by atoms with Crippen LogP contribution in [0.3, 0.4) is 0 Å². The van der Waals surface area contributed by atoms with Crippen LogP contribution in [-0.2, 0) is 0 Å². The molecule has 0 fully saturated rings. The Morgan fingerprint density at radius 3 is 1.92 bits per heavy atom. The fraction of sp³-hybridized carbons (Fsp3) is 0. The van der Waals surface area contributed by atoms with Gasteiger partial charge in [0, 0.05) is 40.2 Å². The van der Waals surface area contributed by atoms with Crippen LogP contribution >= 0.6 is 0 Å². The van der Waals surface area contributed by atoms with Crippen molar-refractivity contribution in [3.63, 3.8) is 0 Å². The lowest BCUT2D eigenvalue weighted by atomic mass is 9.96. The number of pyridine rings is 2. The summed E-state index contributed by atoms with van der Waals surface area (Å²) in [4.78, 5) is 34.5.